The fraction of sp³-hybridized carbons (Fsp3) is 0.467. The Kier molecular flexibility index (Phi) is 4.02. The zero-order chi connectivity index (χ0) is 17.7. The van der Waals surface area contributed by atoms with E-state index in [1.54, 1.807) is 51.6 Å². The summed E-state index contributed by atoms with van der Waals surface area (Å²) in [5.41, 5.74) is 1.94. The van der Waals surface area contributed by atoms with Crippen LogP contribution in [0, 0.1) is 5.92 Å². The second-order valence-electron chi connectivity index (χ2n) is 6.58. The molecule has 4 rings (SSSR count). The highest BCUT2D eigenvalue weighted by molar-refractivity contribution is 8.12. The van der Waals surface area contributed by atoms with Gasteiger partial charge in [0, 0.05) is 17.5 Å². The molecule has 0 bridgehead atoms. The van der Waals surface area contributed by atoms with Gasteiger partial charge in [-0.2, -0.15) is 20.1 Å². The van der Waals surface area contributed by atoms with E-state index >= 15 is 0 Å². The number of fused-ring (bicyclic) bond motifs is 1. The Labute approximate surface area is 149 Å². The van der Waals surface area contributed by atoms with Crippen LogP contribution in [0.25, 0.3) is 10.9 Å². The minimum absolute atomic E-state index is 0.0709. The SMILES string of the molecule is CC1(NS(=O)(=O)c2ccc3cnn(N4CSC=N4)c3c2)CC1CCO. The van der Waals surface area contributed by atoms with Gasteiger partial charge in [0.2, 0.25) is 10.0 Å². The monoisotopic (exact) mass is 381 g/mol. The van der Waals surface area contributed by atoms with Crippen LogP contribution in [0.3, 0.4) is 0 Å². The van der Waals surface area contributed by atoms with Crippen LogP contribution in [0.4, 0.5) is 0 Å². The van der Waals surface area contributed by atoms with Crippen LogP contribution in [0.5, 0.6) is 0 Å². The summed E-state index contributed by atoms with van der Waals surface area (Å²) in [4.78, 5) is 1.81. The van der Waals surface area contributed by atoms with Crippen molar-refractivity contribution in [3.63, 3.8) is 0 Å². The van der Waals surface area contributed by atoms with Crippen molar-refractivity contribution in [2.75, 3.05) is 17.6 Å². The molecule has 1 aliphatic carbocycles. The third-order valence-electron chi connectivity index (χ3n) is 4.75. The van der Waals surface area contributed by atoms with E-state index in [4.69, 9.17) is 5.11 Å². The lowest BCUT2D eigenvalue weighted by Crippen LogP contribution is -2.36. The van der Waals surface area contributed by atoms with Crippen molar-refractivity contribution < 1.29 is 13.5 Å². The highest BCUT2D eigenvalue weighted by Crippen LogP contribution is 2.46. The third kappa shape index (κ3) is 3.03. The van der Waals surface area contributed by atoms with E-state index in [2.05, 4.69) is 14.9 Å². The number of hydrogen-bond acceptors (Lipinski definition) is 7. The van der Waals surface area contributed by atoms with Crippen LogP contribution in [0.1, 0.15) is 19.8 Å². The molecule has 0 radical (unpaired) electrons. The first-order valence-corrected chi connectivity index (χ1v) is 10.5. The summed E-state index contributed by atoms with van der Waals surface area (Å²) in [6, 6.07) is 4.96. The van der Waals surface area contributed by atoms with Crippen molar-refractivity contribution in [1.82, 2.24) is 14.6 Å². The fourth-order valence-electron chi connectivity index (χ4n) is 3.18. The smallest absolute Gasteiger partial charge is 0.241 e. The van der Waals surface area contributed by atoms with E-state index in [0.29, 0.717) is 17.8 Å². The number of nitrogens with one attached hydrogen (secondary N) is 1. The van der Waals surface area contributed by atoms with E-state index in [1.165, 1.54) is 0 Å². The van der Waals surface area contributed by atoms with Crippen LogP contribution in [-0.4, -0.2) is 47.0 Å². The molecule has 0 amide bonds. The summed E-state index contributed by atoms with van der Waals surface area (Å²) in [6.45, 7) is 1.95. The van der Waals surface area contributed by atoms with E-state index < -0.39 is 15.6 Å². The molecule has 2 N–H and O–H groups in total. The number of thioether (sulfide) groups is 1. The first kappa shape index (κ1) is 16.8. The molecule has 1 aromatic carbocycles. The van der Waals surface area contributed by atoms with Gasteiger partial charge in [-0.15, -0.1) is 0 Å². The third-order valence-corrected chi connectivity index (χ3v) is 6.99. The molecule has 2 heterocycles. The Morgan fingerprint density at radius 1 is 1.48 bits per heavy atom. The van der Waals surface area contributed by atoms with Gasteiger partial charge in [0.05, 0.1) is 22.2 Å². The van der Waals surface area contributed by atoms with Crippen molar-refractivity contribution in [1.29, 1.82) is 0 Å². The van der Waals surface area contributed by atoms with E-state index in [1.807, 2.05) is 6.92 Å². The largest absolute Gasteiger partial charge is 0.396 e. The molecule has 1 saturated carbocycles. The first-order valence-electron chi connectivity index (χ1n) is 7.97. The van der Waals surface area contributed by atoms with Crippen LogP contribution in [0.15, 0.2) is 34.4 Å². The molecule has 10 heteroatoms. The maximum Gasteiger partial charge on any atom is 0.241 e. The standard InChI is InChI=1S/C15H19N5O3S2/c1-15(7-12(15)4-5-21)18-25(22,23)13-3-2-11-8-16-20(14(11)6-13)19-10-24-9-17-19/h2-3,6,8-9,12,18,21H,4-5,7,10H2,1H3. The van der Waals surface area contributed by atoms with Crippen molar-refractivity contribution in [2.24, 2.45) is 11.0 Å². The van der Waals surface area contributed by atoms with Crippen LogP contribution >= 0.6 is 11.8 Å². The number of nitrogens with zero attached hydrogens (tertiary/aromatic N) is 4. The summed E-state index contributed by atoms with van der Waals surface area (Å²) in [5, 5.41) is 20.1. The quantitative estimate of drug-likeness (QED) is 0.776. The number of rotatable bonds is 6. The van der Waals surface area contributed by atoms with Gasteiger partial charge < -0.3 is 5.11 Å². The van der Waals surface area contributed by atoms with Gasteiger partial charge >= 0.3 is 0 Å². The van der Waals surface area contributed by atoms with E-state index in [-0.39, 0.29) is 17.4 Å². The van der Waals surface area contributed by atoms with Crippen molar-refractivity contribution in [3.05, 3.63) is 24.4 Å². The molecular formula is C15H19N5O3S2. The number of sulfonamides is 1. The Morgan fingerprint density at radius 3 is 3.04 bits per heavy atom. The number of aromatic nitrogens is 2. The molecule has 2 atom stereocenters. The Balaban J connectivity index is 1.64. The molecule has 1 aliphatic heterocycles. The minimum Gasteiger partial charge on any atom is -0.396 e. The lowest BCUT2D eigenvalue weighted by Gasteiger charge is -2.16. The molecule has 8 nitrogen and oxygen atoms in total. The van der Waals surface area contributed by atoms with Gasteiger partial charge in [-0.05, 0) is 43.9 Å². The van der Waals surface area contributed by atoms with Gasteiger partial charge in [-0.3, -0.25) is 0 Å². The summed E-state index contributed by atoms with van der Waals surface area (Å²) in [6.07, 6.45) is 3.04. The molecule has 2 unspecified atom stereocenters. The van der Waals surface area contributed by atoms with E-state index in [0.717, 1.165) is 11.8 Å². The number of hydrazone groups is 1. The number of hydrogen-bond donors (Lipinski definition) is 2. The average Bonchev–Trinajstić information content (AvgIpc) is 3.01. The number of aliphatic hydroxyl groups excluding tert-OH is 1. The van der Waals surface area contributed by atoms with Gasteiger partial charge in [-0.25, -0.2) is 13.1 Å². The first-order chi connectivity index (χ1) is 11.9. The van der Waals surface area contributed by atoms with Crippen molar-refractivity contribution in [3.8, 4) is 0 Å². The Morgan fingerprint density at radius 2 is 2.32 bits per heavy atom. The summed E-state index contributed by atoms with van der Waals surface area (Å²) >= 11 is 1.54. The molecule has 0 spiro atoms. The number of benzene rings is 1. The molecular weight excluding hydrogens is 362 g/mol. The number of aliphatic hydroxyl groups is 1. The molecule has 0 saturated heterocycles. The predicted molar refractivity (Wildman–Crippen MR) is 97.4 cm³/mol. The van der Waals surface area contributed by atoms with Gasteiger partial charge in [0.15, 0.2) is 0 Å². The lowest BCUT2D eigenvalue weighted by atomic mass is 10.2. The Bertz CT molecular complexity index is 942. The predicted octanol–water partition coefficient (Wildman–Crippen LogP) is 1.06. The summed E-state index contributed by atoms with van der Waals surface area (Å²) < 4.78 is 28.4. The second kappa shape index (κ2) is 5.97. The van der Waals surface area contributed by atoms with Crippen LogP contribution in [-0.2, 0) is 10.0 Å². The highest BCUT2D eigenvalue weighted by atomic mass is 32.2. The topological polar surface area (TPSA) is 99.8 Å². The average molecular weight is 381 g/mol. The van der Waals surface area contributed by atoms with E-state index in [9.17, 15) is 8.42 Å². The zero-order valence-electron chi connectivity index (χ0n) is 13.7. The lowest BCUT2D eigenvalue weighted by molar-refractivity contribution is 0.274. The summed E-state index contributed by atoms with van der Waals surface area (Å²) in [5.74, 6) is 0.810. The summed E-state index contributed by atoms with van der Waals surface area (Å²) in [7, 11) is -3.65. The maximum atomic E-state index is 12.8. The highest BCUT2D eigenvalue weighted by Gasteiger charge is 2.51. The van der Waals surface area contributed by atoms with Crippen LogP contribution < -0.4 is 9.84 Å². The molecule has 1 aromatic heterocycles. The molecule has 2 aliphatic rings. The maximum absolute atomic E-state index is 12.8. The van der Waals surface area contributed by atoms with Crippen LogP contribution in [0.2, 0.25) is 0 Å². The molecule has 25 heavy (non-hydrogen) atoms. The normalized spacial score (nSPS) is 25.8. The van der Waals surface area contributed by atoms with Gasteiger partial charge in [0.1, 0.15) is 5.88 Å². The molecule has 1 fully saturated rings. The van der Waals surface area contributed by atoms with Gasteiger partial charge in [-0.1, -0.05) is 11.8 Å². The fourth-order valence-corrected chi connectivity index (χ4v) is 5.23. The zero-order valence-corrected chi connectivity index (χ0v) is 15.3. The van der Waals surface area contributed by atoms with Crippen molar-refractivity contribution >= 4 is 38.2 Å². The minimum atomic E-state index is -3.65. The molecule has 134 valence electrons. The Hall–Kier alpha value is -1.62. The molecule has 2 aromatic rings. The van der Waals surface area contributed by atoms with Gasteiger partial charge in [0.25, 0.3) is 0 Å². The van der Waals surface area contributed by atoms with Crippen molar-refractivity contribution in [2.45, 2.75) is 30.2 Å². The second-order valence-corrected chi connectivity index (χ2v) is 9.06.